The molecule has 30 nitrogen and oxygen atoms in total. The number of azide groups is 3. The zero-order valence-corrected chi connectivity index (χ0v) is 52.1. The van der Waals surface area contributed by atoms with Crippen LogP contribution in [0.2, 0.25) is 0 Å². The number of esters is 3. The van der Waals surface area contributed by atoms with Crippen LogP contribution >= 0.6 is 0 Å². The van der Waals surface area contributed by atoms with Crippen LogP contribution in [0, 0.1) is 62.3 Å². The molecule has 37 heteroatoms. The summed E-state index contributed by atoms with van der Waals surface area (Å²) in [6.07, 6.45) is -15.4. The lowest BCUT2D eigenvalue weighted by Gasteiger charge is -2.24. The molecule has 498 valence electrons. The molecule has 5 aromatic rings. The van der Waals surface area contributed by atoms with Gasteiger partial charge in [0.1, 0.15) is 29.9 Å². The van der Waals surface area contributed by atoms with E-state index in [0.29, 0.717) is 48.8 Å². The number of hydrogen-bond donors (Lipinski definition) is 2. The van der Waals surface area contributed by atoms with Gasteiger partial charge < -0.3 is 39.5 Å². The number of anilines is 2. The maximum atomic E-state index is 15.5. The van der Waals surface area contributed by atoms with Gasteiger partial charge >= 0.3 is 47.1 Å². The molecule has 3 aliphatic rings. The quantitative estimate of drug-likeness (QED) is 0.0167. The minimum absolute atomic E-state index is 0.108. The van der Waals surface area contributed by atoms with E-state index in [9.17, 15) is 46.0 Å². The van der Waals surface area contributed by atoms with E-state index in [-0.39, 0.29) is 28.3 Å². The summed E-state index contributed by atoms with van der Waals surface area (Å²) in [7, 11) is -4.29. The van der Waals surface area contributed by atoms with Crippen LogP contribution in [0.5, 0.6) is 0 Å². The number of ether oxygens (including phenoxy) is 6. The van der Waals surface area contributed by atoms with Crippen molar-refractivity contribution in [2.75, 3.05) is 36.9 Å². The van der Waals surface area contributed by atoms with Crippen molar-refractivity contribution in [3.05, 3.63) is 180 Å². The predicted molar refractivity (Wildman–Crippen MR) is 315 cm³/mol. The lowest BCUT2D eigenvalue weighted by Crippen LogP contribution is -2.45. The van der Waals surface area contributed by atoms with E-state index in [4.69, 9.17) is 50.7 Å². The van der Waals surface area contributed by atoms with Crippen molar-refractivity contribution < 1.29 is 86.5 Å². The first-order valence-corrected chi connectivity index (χ1v) is 29.3. The number of rotatable bonds is 17. The molecule has 5 heterocycles. The smallest absolute Gasteiger partial charge is 0.351 e. The number of carbonyl (C=O) groups is 4. The Balaban J connectivity index is 0.000000222. The maximum Gasteiger partial charge on any atom is 0.351 e. The SMILES string of the molecule is CC(=O)Nc1ccn(C2O[C@H](CN=[N+]=[N-])[C@@H](OC(=O)c3c(C)cc(C)cc3C)C2(F)F)c(=O)n1.Cc1cc(C)c(C(=O)O[C@@H]2[C@@H](CN=[N+]=[N-])OC(OS(C)(=O)=O)C2(F)F)c(C)c1.Cc1cc(C)c(C(=O)O[C@@H]2[C@@H](CN=[N+]=[N-])OC(n3ccc(N)nc3=O)C2(F)F)c(C)c1. The van der Waals surface area contributed by atoms with Gasteiger partial charge in [0.05, 0.1) is 42.6 Å². The van der Waals surface area contributed by atoms with Crippen LogP contribution in [-0.2, 0) is 47.5 Å². The van der Waals surface area contributed by atoms with Gasteiger partial charge in [-0.15, -0.1) is 0 Å². The molecule has 0 bridgehead atoms. The van der Waals surface area contributed by atoms with E-state index >= 15 is 17.6 Å². The molecule has 8 rings (SSSR count). The largest absolute Gasteiger partial charge is 0.449 e. The lowest BCUT2D eigenvalue weighted by atomic mass is 10.00. The molecule has 2 aromatic heterocycles. The summed E-state index contributed by atoms with van der Waals surface area (Å²) in [4.78, 5) is 88.4. The zero-order chi connectivity index (χ0) is 69.4. The summed E-state index contributed by atoms with van der Waals surface area (Å²) in [5, 5.41) is 12.0. The number of hydrogen-bond acceptors (Lipinski definition) is 21. The van der Waals surface area contributed by atoms with Crippen molar-refractivity contribution in [3.63, 3.8) is 0 Å². The van der Waals surface area contributed by atoms with Crippen LogP contribution in [-0.4, -0.2) is 138 Å². The van der Waals surface area contributed by atoms with E-state index in [2.05, 4.69) is 49.5 Å². The summed E-state index contributed by atoms with van der Waals surface area (Å²) in [6.45, 7) is 14.9. The summed E-state index contributed by atoms with van der Waals surface area (Å²) < 4.78 is 150. The van der Waals surface area contributed by atoms with Gasteiger partial charge in [-0.3, -0.25) is 13.9 Å². The first-order valence-electron chi connectivity index (χ1n) is 27.5. The number of nitrogens with two attached hydrogens (primary N) is 1. The number of aryl methyl sites for hydroxylation is 9. The summed E-state index contributed by atoms with van der Waals surface area (Å²) in [6, 6.07) is 12.6. The van der Waals surface area contributed by atoms with Crippen molar-refractivity contribution in [3.8, 4) is 0 Å². The fourth-order valence-corrected chi connectivity index (χ4v) is 11.1. The molecule has 3 aliphatic heterocycles. The number of alkyl halides is 6. The molecular weight excluding hydrogens is 1270 g/mol. The minimum atomic E-state index is -4.29. The van der Waals surface area contributed by atoms with Gasteiger partial charge in [-0.2, -0.15) is 44.7 Å². The fourth-order valence-electron chi connectivity index (χ4n) is 10.6. The number of nitrogens with one attached hydrogen (secondary N) is 1. The zero-order valence-electron chi connectivity index (χ0n) is 51.3. The Morgan fingerprint density at radius 2 is 0.903 bits per heavy atom. The Labute approximate surface area is 524 Å². The van der Waals surface area contributed by atoms with Crippen molar-refractivity contribution in [1.82, 2.24) is 19.1 Å². The highest BCUT2D eigenvalue weighted by molar-refractivity contribution is 7.86. The first kappa shape index (κ1) is 72.5. The second-order valence-electron chi connectivity index (χ2n) is 21.6. The maximum absolute atomic E-state index is 15.5. The monoisotopic (exact) mass is 1330 g/mol. The van der Waals surface area contributed by atoms with E-state index in [1.807, 2.05) is 20.8 Å². The van der Waals surface area contributed by atoms with Gasteiger partial charge in [0.2, 0.25) is 24.7 Å². The van der Waals surface area contributed by atoms with Gasteiger partial charge in [-0.1, -0.05) is 68.4 Å². The minimum Gasteiger partial charge on any atom is -0.449 e. The van der Waals surface area contributed by atoms with Crippen molar-refractivity contribution >= 4 is 45.6 Å². The van der Waals surface area contributed by atoms with Crippen molar-refractivity contribution in [2.45, 2.75) is 142 Å². The van der Waals surface area contributed by atoms with Crippen LogP contribution in [0.4, 0.5) is 38.0 Å². The van der Waals surface area contributed by atoms with Crippen LogP contribution in [0.25, 0.3) is 31.3 Å². The normalized spacial score (nSPS) is 22.2. The topological polar surface area (TPSA) is 421 Å². The highest BCUT2D eigenvalue weighted by Crippen LogP contribution is 2.47. The van der Waals surface area contributed by atoms with Gasteiger partial charge in [0, 0.05) is 34.1 Å². The average molecular weight is 1330 g/mol. The summed E-state index contributed by atoms with van der Waals surface area (Å²) in [5.41, 5.74) is 35.2. The molecule has 0 aliphatic carbocycles. The fraction of sp³-hybridized carbons (Fsp3) is 0.464. The third-order valence-corrected chi connectivity index (χ3v) is 14.6. The molecule has 3 unspecified atom stereocenters. The van der Waals surface area contributed by atoms with Crippen molar-refractivity contribution in [2.24, 2.45) is 15.3 Å². The van der Waals surface area contributed by atoms with Crippen LogP contribution in [0.3, 0.4) is 0 Å². The number of amides is 1. The number of nitrogen functional groups attached to an aromatic ring is 1. The number of benzene rings is 3. The second kappa shape index (κ2) is 29.3. The third-order valence-electron chi connectivity index (χ3n) is 14.1. The van der Waals surface area contributed by atoms with E-state index in [0.717, 1.165) is 41.2 Å². The molecule has 0 spiro atoms. The van der Waals surface area contributed by atoms with Crippen LogP contribution in [0.15, 0.2) is 85.9 Å². The number of halogens is 6. The molecule has 0 radical (unpaired) electrons. The van der Waals surface area contributed by atoms with E-state index < -0.39 is 138 Å². The molecule has 3 aromatic carbocycles. The van der Waals surface area contributed by atoms with Gasteiger partial charge in [0.15, 0.2) is 18.3 Å². The van der Waals surface area contributed by atoms with Gasteiger partial charge in [-0.05, 0) is 124 Å². The molecule has 3 N–H and O–H groups in total. The number of carbonyl (C=O) groups excluding carboxylic acids is 4. The average Bonchev–Trinajstić information content (AvgIpc) is 1.63. The number of aromatic nitrogens is 4. The van der Waals surface area contributed by atoms with E-state index in [1.165, 1.54) is 6.92 Å². The molecule has 3 fully saturated rings. The third kappa shape index (κ3) is 16.9. The molecule has 1 amide bonds. The molecular formula is C56H61F6N15O15S. The molecule has 93 heavy (non-hydrogen) atoms. The second-order valence-corrected chi connectivity index (χ2v) is 23.3. The Kier molecular flexibility index (Phi) is 22.9. The lowest BCUT2D eigenvalue weighted by molar-refractivity contribution is -0.182. The highest BCUT2D eigenvalue weighted by Gasteiger charge is 2.65. The van der Waals surface area contributed by atoms with Crippen molar-refractivity contribution in [1.29, 1.82) is 0 Å². The van der Waals surface area contributed by atoms with Crippen LogP contribution in [0.1, 0.15) is 101 Å². The molecule has 3 saturated heterocycles. The Bertz CT molecular complexity index is 4050. The van der Waals surface area contributed by atoms with Gasteiger partial charge in [0.25, 0.3) is 10.1 Å². The molecule has 9 atom stereocenters. The Hall–Kier alpha value is -9.60. The first-order chi connectivity index (χ1) is 43.4. The van der Waals surface area contributed by atoms with Crippen LogP contribution < -0.4 is 22.4 Å². The molecule has 0 saturated carbocycles. The van der Waals surface area contributed by atoms with Gasteiger partial charge in [-0.25, -0.2) is 28.2 Å². The predicted octanol–water partition coefficient (Wildman–Crippen LogP) is 8.80. The Morgan fingerprint density at radius 3 is 1.22 bits per heavy atom. The standard InChI is InChI=1S/C21H22F2N6O5.C19H20F2N6O4.C16H19F2N3O6S/c1-10-7-11(2)16(12(3)8-10)18(31)34-17-14(9-25-28-24)33-19(21(17,22)23)29-6-5-15(26-13(4)30)27-20(29)32;1-9-6-10(2)14(11(3)7-9)16(28)31-15-12(8-24-26-23)30-17(19(15,20)21)27-5-4-13(22)25-18(27)29;1-8-5-9(2)12(10(3)6-8)14(22)26-13-11(7-20-21-19)25-15(16(13,17)18)27-28(4,23)24/h5-8,14,17,19H,9H2,1-4H3,(H,26,27,30,32);4-7,12,15,17H,8H2,1-3H3,(H2,22,25,29);5-6,11,13,15H,7H2,1-4H3/t14-,17-,19?;12-,15-,17?;11-,13-,15?/m111/s1. The number of nitrogens with zero attached hydrogens (tertiary/aromatic N) is 13. The van der Waals surface area contributed by atoms with E-state index in [1.54, 1.807) is 77.9 Å². The summed E-state index contributed by atoms with van der Waals surface area (Å²) in [5.74, 6) is -15.5. The summed E-state index contributed by atoms with van der Waals surface area (Å²) >= 11 is 0. The Morgan fingerprint density at radius 1 is 0.581 bits per heavy atom. The highest BCUT2D eigenvalue weighted by atomic mass is 32.2.